The van der Waals surface area contributed by atoms with E-state index in [-0.39, 0.29) is 0 Å². The van der Waals surface area contributed by atoms with Crippen LogP contribution in [0.2, 0.25) is 0 Å². The topological polar surface area (TPSA) is 57.4 Å². The van der Waals surface area contributed by atoms with Crippen molar-refractivity contribution in [3.63, 3.8) is 0 Å². The molecule has 2 aromatic heterocycles. The van der Waals surface area contributed by atoms with Crippen LogP contribution in [0.15, 0.2) is 164 Å². The summed E-state index contributed by atoms with van der Waals surface area (Å²) in [5.74, 6) is 0. The van der Waals surface area contributed by atoms with Crippen LogP contribution in [0.4, 0.5) is 0 Å². The minimum absolute atomic E-state index is 0.563. The van der Waals surface area contributed by atoms with Crippen molar-refractivity contribution >= 4 is 43.6 Å². The molecule has 0 atom stereocenters. The quantitative estimate of drug-likeness (QED) is 0.177. The smallest absolute Gasteiger partial charge is 0.101 e. The summed E-state index contributed by atoms with van der Waals surface area (Å²) in [6, 6.07) is 62.4. The number of para-hydroxylation sites is 2. The Hall–Kier alpha value is -7.66. The number of rotatable bonds is 5. The number of fused-ring (bicyclic) bond motifs is 6. The van der Waals surface area contributed by atoms with Crippen molar-refractivity contribution in [2.45, 2.75) is 20.8 Å². The van der Waals surface area contributed by atoms with Crippen molar-refractivity contribution in [1.29, 1.82) is 10.5 Å². The molecule has 0 radical (unpaired) electrons. The Kier molecular flexibility index (Phi) is 7.89. The van der Waals surface area contributed by atoms with Crippen LogP contribution < -0.4 is 0 Å². The number of nitriles is 2. The van der Waals surface area contributed by atoms with Crippen molar-refractivity contribution in [3.8, 4) is 56.9 Å². The monoisotopic (exact) mass is 728 g/mol. The maximum absolute atomic E-state index is 11.1. The molecule has 10 rings (SSSR count). The fraction of sp³-hybridized carbons (Fsp3) is 0.0566. The lowest BCUT2D eigenvalue weighted by Crippen LogP contribution is -2.04. The van der Waals surface area contributed by atoms with Gasteiger partial charge in [-0.1, -0.05) is 103 Å². The van der Waals surface area contributed by atoms with Crippen LogP contribution in [0, 0.1) is 43.4 Å². The predicted octanol–water partition coefficient (Wildman–Crippen LogP) is 13.6. The number of nitrogens with zero attached hydrogens (tertiary/aromatic N) is 4. The van der Waals surface area contributed by atoms with Crippen LogP contribution in [0.5, 0.6) is 0 Å². The Labute approximate surface area is 331 Å². The fourth-order valence-corrected chi connectivity index (χ4v) is 8.88. The summed E-state index contributed by atoms with van der Waals surface area (Å²) in [4.78, 5) is 0. The number of benzene rings is 8. The third-order valence-electron chi connectivity index (χ3n) is 11.6. The van der Waals surface area contributed by atoms with E-state index in [0.29, 0.717) is 11.1 Å². The Morgan fingerprint density at radius 2 is 0.877 bits per heavy atom. The highest BCUT2D eigenvalue weighted by Gasteiger charge is 2.23. The fourth-order valence-electron chi connectivity index (χ4n) is 8.88. The van der Waals surface area contributed by atoms with Gasteiger partial charge in [0.15, 0.2) is 0 Å². The zero-order valence-corrected chi connectivity index (χ0v) is 31.9. The van der Waals surface area contributed by atoms with Gasteiger partial charge in [0.1, 0.15) is 6.07 Å². The normalized spacial score (nSPS) is 11.4. The minimum Gasteiger partial charge on any atom is -0.309 e. The molecule has 0 aliphatic carbocycles. The summed E-state index contributed by atoms with van der Waals surface area (Å²) in [6.07, 6.45) is 0. The molecular formula is C53H36N4. The van der Waals surface area contributed by atoms with Crippen molar-refractivity contribution in [2.24, 2.45) is 0 Å². The summed E-state index contributed by atoms with van der Waals surface area (Å²) in [7, 11) is 0. The number of aryl methyl sites for hydroxylation is 3. The largest absolute Gasteiger partial charge is 0.309 e. The Balaban J connectivity index is 1.28. The zero-order valence-electron chi connectivity index (χ0n) is 31.9. The van der Waals surface area contributed by atoms with E-state index in [0.717, 1.165) is 82.8 Å². The molecule has 0 bridgehead atoms. The number of hydrogen-bond acceptors (Lipinski definition) is 2. The van der Waals surface area contributed by atoms with E-state index in [1.54, 1.807) is 0 Å². The summed E-state index contributed by atoms with van der Waals surface area (Å²) >= 11 is 0. The van der Waals surface area contributed by atoms with E-state index in [9.17, 15) is 10.5 Å². The molecule has 0 saturated heterocycles. The van der Waals surface area contributed by atoms with Gasteiger partial charge in [0.05, 0.1) is 50.6 Å². The molecule has 0 aliphatic heterocycles. The van der Waals surface area contributed by atoms with E-state index in [2.05, 4.69) is 188 Å². The van der Waals surface area contributed by atoms with E-state index >= 15 is 0 Å². The standard InChI is InChI=1S/C53H36N4/c1-33-12-4-6-14-40(33)37-21-24-50-45(27-37)43-16-8-10-18-48(43)56(50)52-30-47(42-23-20-36(31-54)26-35(42)3)53(29-39(52)32-55)57-49-19-11-9-17-44(49)46-28-38(22-25-51(46)57)41-15-7-5-13-34(41)2/h4-30H,1-3H3. The van der Waals surface area contributed by atoms with Gasteiger partial charge in [0.2, 0.25) is 0 Å². The summed E-state index contributed by atoms with van der Waals surface area (Å²) in [5.41, 5.74) is 17.2. The molecule has 0 fully saturated rings. The molecule has 57 heavy (non-hydrogen) atoms. The first-order chi connectivity index (χ1) is 27.9. The Morgan fingerprint density at radius 1 is 0.368 bits per heavy atom. The second kappa shape index (κ2) is 13.3. The lowest BCUT2D eigenvalue weighted by molar-refractivity contribution is 1.13. The van der Waals surface area contributed by atoms with Crippen LogP contribution in [-0.4, -0.2) is 9.13 Å². The van der Waals surface area contributed by atoms with Crippen molar-refractivity contribution in [3.05, 3.63) is 192 Å². The first-order valence-electron chi connectivity index (χ1n) is 19.2. The lowest BCUT2D eigenvalue weighted by Gasteiger charge is -2.20. The van der Waals surface area contributed by atoms with Crippen LogP contribution in [0.3, 0.4) is 0 Å². The van der Waals surface area contributed by atoms with E-state index in [1.807, 2.05) is 18.2 Å². The molecular weight excluding hydrogens is 693 g/mol. The van der Waals surface area contributed by atoms with Gasteiger partial charge in [-0.3, -0.25) is 0 Å². The van der Waals surface area contributed by atoms with Crippen molar-refractivity contribution in [2.75, 3.05) is 0 Å². The first kappa shape index (κ1) is 33.9. The zero-order chi connectivity index (χ0) is 38.8. The average molecular weight is 729 g/mol. The van der Waals surface area contributed by atoms with Gasteiger partial charge in [-0.2, -0.15) is 10.5 Å². The Morgan fingerprint density at radius 3 is 1.40 bits per heavy atom. The Bertz CT molecular complexity index is 3360. The number of hydrogen-bond donors (Lipinski definition) is 0. The molecule has 0 spiro atoms. The van der Waals surface area contributed by atoms with Gasteiger partial charge in [-0.25, -0.2) is 0 Å². The second-order valence-corrected chi connectivity index (χ2v) is 14.9. The van der Waals surface area contributed by atoms with Crippen molar-refractivity contribution in [1.82, 2.24) is 9.13 Å². The molecule has 0 unspecified atom stereocenters. The van der Waals surface area contributed by atoms with Crippen LogP contribution in [0.1, 0.15) is 27.8 Å². The molecule has 0 N–H and O–H groups in total. The lowest BCUT2D eigenvalue weighted by atomic mass is 9.94. The maximum atomic E-state index is 11.1. The van der Waals surface area contributed by atoms with E-state index in [1.165, 1.54) is 22.3 Å². The molecule has 0 amide bonds. The molecule has 2 heterocycles. The summed E-state index contributed by atoms with van der Waals surface area (Å²) < 4.78 is 4.56. The van der Waals surface area contributed by atoms with Gasteiger partial charge in [-0.05, 0) is 126 Å². The molecule has 0 aliphatic rings. The van der Waals surface area contributed by atoms with Gasteiger partial charge >= 0.3 is 0 Å². The maximum Gasteiger partial charge on any atom is 0.101 e. The van der Waals surface area contributed by atoms with Crippen LogP contribution in [0.25, 0.3) is 88.4 Å². The van der Waals surface area contributed by atoms with Gasteiger partial charge in [0, 0.05) is 27.1 Å². The summed E-state index contributed by atoms with van der Waals surface area (Å²) in [5, 5.41) is 25.5. The van der Waals surface area contributed by atoms with Gasteiger partial charge < -0.3 is 9.13 Å². The molecule has 8 aromatic carbocycles. The highest BCUT2D eigenvalue weighted by atomic mass is 15.0. The van der Waals surface area contributed by atoms with E-state index < -0.39 is 0 Å². The molecule has 10 aromatic rings. The summed E-state index contributed by atoms with van der Waals surface area (Å²) in [6.45, 7) is 6.36. The second-order valence-electron chi connectivity index (χ2n) is 14.9. The van der Waals surface area contributed by atoms with Crippen LogP contribution in [-0.2, 0) is 0 Å². The van der Waals surface area contributed by atoms with Gasteiger partial charge in [0.25, 0.3) is 0 Å². The van der Waals surface area contributed by atoms with E-state index in [4.69, 9.17) is 0 Å². The predicted molar refractivity (Wildman–Crippen MR) is 235 cm³/mol. The first-order valence-corrected chi connectivity index (χ1v) is 19.2. The third-order valence-corrected chi connectivity index (χ3v) is 11.6. The highest BCUT2D eigenvalue weighted by molar-refractivity contribution is 6.12. The van der Waals surface area contributed by atoms with Crippen LogP contribution >= 0.6 is 0 Å². The molecule has 268 valence electrons. The molecule has 4 heteroatoms. The molecule has 0 saturated carbocycles. The number of aromatic nitrogens is 2. The minimum atomic E-state index is 0.563. The average Bonchev–Trinajstić information content (AvgIpc) is 3.75. The van der Waals surface area contributed by atoms with Gasteiger partial charge in [-0.15, -0.1) is 0 Å². The highest BCUT2D eigenvalue weighted by Crippen LogP contribution is 2.43. The SMILES string of the molecule is Cc1ccccc1-c1ccc2c(c1)c1ccccc1n2-c1cc(-c2ccc(C#N)cc2C)c(-n2c3ccccc3c3cc(-c4ccccc4C)ccc32)cc1C#N. The third kappa shape index (κ3) is 5.35. The van der Waals surface area contributed by atoms with Crippen molar-refractivity contribution < 1.29 is 0 Å². The molecule has 4 nitrogen and oxygen atoms in total.